The Morgan fingerprint density at radius 2 is 2.17 bits per heavy atom. The van der Waals surface area contributed by atoms with Gasteiger partial charge in [0.2, 0.25) is 11.8 Å². The molecular formula is C13H22N4O. The molecule has 0 aliphatic heterocycles. The van der Waals surface area contributed by atoms with Gasteiger partial charge in [0.15, 0.2) is 0 Å². The second-order valence-electron chi connectivity index (χ2n) is 4.81. The van der Waals surface area contributed by atoms with Crippen molar-refractivity contribution in [2.45, 2.75) is 45.1 Å². The van der Waals surface area contributed by atoms with Gasteiger partial charge in [-0.05, 0) is 31.6 Å². The van der Waals surface area contributed by atoms with E-state index in [1.54, 1.807) is 13.1 Å². The van der Waals surface area contributed by atoms with E-state index in [9.17, 15) is 0 Å². The number of nitrogen functional groups attached to an aromatic ring is 1. The van der Waals surface area contributed by atoms with Crippen LogP contribution in [0.1, 0.15) is 39.0 Å². The van der Waals surface area contributed by atoms with Crippen LogP contribution in [0, 0.1) is 5.92 Å². The Labute approximate surface area is 108 Å². The number of aromatic nitrogens is 2. The van der Waals surface area contributed by atoms with Gasteiger partial charge in [0.25, 0.3) is 0 Å². The van der Waals surface area contributed by atoms with Gasteiger partial charge < -0.3 is 15.8 Å². The Balaban J connectivity index is 2.09. The van der Waals surface area contributed by atoms with Crippen LogP contribution < -0.4 is 15.8 Å². The number of hydrogen-bond acceptors (Lipinski definition) is 5. The van der Waals surface area contributed by atoms with Crippen molar-refractivity contribution in [2.24, 2.45) is 5.92 Å². The van der Waals surface area contributed by atoms with Crippen LogP contribution in [-0.4, -0.2) is 23.1 Å². The maximum atomic E-state index is 6.01. The molecule has 1 aromatic rings. The van der Waals surface area contributed by atoms with Crippen LogP contribution >= 0.6 is 0 Å². The highest BCUT2D eigenvalue weighted by Gasteiger charge is 2.25. The zero-order chi connectivity index (χ0) is 13.0. The minimum atomic E-state index is 0.251. The van der Waals surface area contributed by atoms with E-state index in [4.69, 9.17) is 10.5 Å². The van der Waals surface area contributed by atoms with Gasteiger partial charge in [-0.3, -0.25) is 0 Å². The van der Waals surface area contributed by atoms with Crippen molar-refractivity contribution in [2.75, 3.05) is 18.1 Å². The molecule has 2 atom stereocenters. The zero-order valence-electron chi connectivity index (χ0n) is 11.1. The quantitative estimate of drug-likeness (QED) is 0.858. The van der Waals surface area contributed by atoms with Crippen molar-refractivity contribution >= 4 is 11.8 Å². The summed E-state index contributed by atoms with van der Waals surface area (Å²) in [6, 6.07) is 1.80. The molecule has 18 heavy (non-hydrogen) atoms. The number of nitrogens with two attached hydrogens (primary N) is 1. The summed E-state index contributed by atoms with van der Waals surface area (Å²) >= 11 is 0. The zero-order valence-corrected chi connectivity index (χ0v) is 11.1. The van der Waals surface area contributed by atoms with Crippen molar-refractivity contribution in [3.05, 3.63) is 6.07 Å². The molecule has 0 radical (unpaired) electrons. The molecule has 3 N–H and O–H groups in total. The Kier molecular flexibility index (Phi) is 4.23. The largest absolute Gasteiger partial charge is 0.474 e. The van der Waals surface area contributed by atoms with E-state index < -0.39 is 0 Å². The highest BCUT2D eigenvalue weighted by Crippen LogP contribution is 2.30. The SMILES string of the molecule is CCC1CCCCC1Oc1cc(NC)nc(N)n1. The number of rotatable bonds is 4. The minimum absolute atomic E-state index is 0.251. The van der Waals surface area contributed by atoms with Crippen LogP contribution in [0.15, 0.2) is 6.07 Å². The summed E-state index contributed by atoms with van der Waals surface area (Å²) in [5.41, 5.74) is 5.67. The maximum absolute atomic E-state index is 6.01. The molecule has 5 heteroatoms. The van der Waals surface area contributed by atoms with E-state index in [0.29, 0.717) is 17.6 Å². The second kappa shape index (κ2) is 5.89. The molecule has 2 unspecified atom stereocenters. The Morgan fingerprint density at radius 1 is 1.39 bits per heavy atom. The molecule has 5 nitrogen and oxygen atoms in total. The first-order valence-corrected chi connectivity index (χ1v) is 6.72. The van der Waals surface area contributed by atoms with Crippen molar-refractivity contribution < 1.29 is 4.74 Å². The van der Waals surface area contributed by atoms with Crippen molar-refractivity contribution in [1.29, 1.82) is 0 Å². The van der Waals surface area contributed by atoms with Gasteiger partial charge in [0.1, 0.15) is 11.9 Å². The fraction of sp³-hybridized carbons (Fsp3) is 0.692. The van der Waals surface area contributed by atoms with Crippen LogP contribution in [0.2, 0.25) is 0 Å². The van der Waals surface area contributed by atoms with Gasteiger partial charge in [-0.15, -0.1) is 0 Å². The van der Waals surface area contributed by atoms with Gasteiger partial charge in [-0.1, -0.05) is 13.3 Å². The van der Waals surface area contributed by atoms with E-state index in [2.05, 4.69) is 22.2 Å². The molecule has 1 aliphatic rings. The average Bonchev–Trinajstić information content (AvgIpc) is 2.38. The molecule has 1 aromatic heterocycles. The summed E-state index contributed by atoms with van der Waals surface area (Å²) in [4.78, 5) is 8.21. The summed E-state index contributed by atoms with van der Waals surface area (Å²) in [6.45, 7) is 2.22. The molecule has 0 amide bonds. The first-order valence-electron chi connectivity index (χ1n) is 6.72. The summed E-state index contributed by atoms with van der Waals surface area (Å²) < 4.78 is 6.01. The maximum Gasteiger partial charge on any atom is 0.225 e. The van der Waals surface area contributed by atoms with Crippen molar-refractivity contribution in [1.82, 2.24) is 9.97 Å². The first-order chi connectivity index (χ1) is 8.72. The lowest BCUT2D eigenvalue weighted by Crippen LogP contribution is -2.30. The molecule has 100 valence electrons. The monoisotopic (exact) mass is 250 g/mol. The van der Waals surface area contributed by atoms with E-state index >= 15 is 0 Å². The molecule has 0 spiro atoms. The summed E-state index contributed by atoms with van der Waals surface area (Å²) in [7, 11) is 1.81. The van der Waals surface area contributed by atoms with Gasteiger partial charge in [-0.2, -0.15) is 9.97 Å². The van der Waals surface area contributed by atoms with Gasteiger partial charge in [0, 0.05) is 13.1 Å². The highest BCUT2D eigenvalue weighted by molar-refractivity contribution is 5.42. The number of nitrogens with zero attached hydrogens (tertiary/aromatic N) is 2. The smallest absolute Gasteiger partial charge is 0.225 e. The molecule has 0 saturated heterocycles. The molecule has 1 saturated carbocycles. The van der Waals surface area contributed by atoms with E-state index in [0.717, 1.165) is 12.8 Å². The molecule has 1 heterocycles. The fourth-order valence-corrected chi connectivity index (χ4v) is 2.58. The molecule has 1 fully saturated rings. The molecule has 0 aromatic carbocycles. The topological polar surface area (TPSA) is 73.1 Å². The van der Waals surface area contributed by atoms with E-state index in [-0.39, 0.29) is 12.1 Å². The summed E-state index contributed by atoms with van der Waals surface area (Å²) in [5.74, 6) is 2.16. The molecule has 1 aliphatic carbocycles. The predicted octanol–water partition coefficient (Wildman–Crippen LogP) is 2.45. The lowest BCUT2D eigenvalue weighted by Gasteiger charge is -2.30. The summed E-state index contributed by atoms with van der Waals surface area (Å²) in [6.07, 6.45) is 6.33. The Bertz CT molecular complexity index is 397. The first kappa shape index (κ1) is 12.9. The van der Waals surface area contributed by atoms with Gasteiger partial charge in [0.05, 0.1) is 0 Å². The van der Waals surface area contributed by atoms with E-state index in [1.165, 1.54) is 19.3 Å². The van der Waals surface area contributed by atoms with Crippen LogP contribution in [0.3, 0.4) is 0 Å². The minimum Gasteiger partial charge on any atom is -0.474 e. The standard InChI is InChI=1S/C13H22N4O/c1-3-9-6-4-5-7-10(9)18-12-8-11(15-2)16-13(14)17-12/h8-10H,3-7H2,1-2H3,(H3,14,15,16,17). The lowest BCUT2D eigenvalue weighted by molar-refractivity contribution is 0.0860. The fourth-order valence-electron chi connectivity index (χ4n) is 2.58. The number of ether oxygens (including phenoxy) is 1. The van der Waals surface area contributed by atoms with Crippen LogP contribution in [0.5, 0.6) is 5.88 Å². The number of anilines is 2. The van der Waals surface area contributed by atoms with Gasteiger partial charge in [-0.25, -0.2) is 0 Å². The van der Waals surface area contributed by atoms with Gasteiger partial charge >= 0.3 is 0 Å². The predicted molar refractivity (Wildman–Crippen MR) is 72.7 cm³/mol. The molecule has 2 rings (SSSR count). The number of nitrogens with one attached hydrogen (secondary N) is 1. The van der Waals surface area contributed by atoms with Crippen LogP contribution in [-0.2, 0) is 0 Å². The van der Waals surface area contributed by atoms with Crippen LogP contribution in [0.25, 0.3) is 0 Å². The second-order valence-corrected chi connectivity index (χ2v) is 4.81. The third-order valence-corrected chi connectivity index (χ3v) is 3.61. The third-order valence-electron chi connectivity index (χ3n) is 3.61. The van der Waals surface area contributed by atoms with E-state index in [1.807, 2.05) is 0 Å². The number of hydrogen-bond donors (Lipinski definition) is 2. The average molecular weight is 250 g/mol. The third kappa shape index (κ3) is 3.03. The summed E-state index contributed by atoms with van der Waals surface area (Å²) in [5, 5.41) is 2.96. The Morgan fingerprint density at radius 3 is 2.89 bits per heavy atom. The normalized spacial score (nSPS) is 23.7. The Hall–Kier alpha value is -1.52. The highest BCUT2D eigenvalue weighted by atomic mass is 16.5. The van der Waals surface area contributed by atoms with Crippen molar-refractivity contribution in [3.8, 4) is 5.88 Å². The lowest BCUT2D eigenvalue weighted by atomic mass is 9.85. The van der Waals surface area contributed by atoms with Crippen LogP contribution in [0.4, 0.5) is 11.8 Å². The van der Waals surface area contributed by atoms with Crippen molar-refractivity contribution in [3.63, 3.8) is 0 Å². The molecular weight excluding hydrogens is 228 g/mol. The molecule has 0 bridgehead atoms.